The summed E-state index contributed by atoms with van der Waals surface area (Å²) in [4.78, 5) is 0. The van der Waals surface area contributed by atoms with Gasteiger partial charge in [0.25, 0.3) is 0 Å². The van der Waals surface area contributed by atoms with Gasteiger partial charge in [0.15, 0.2) is 0 Å². The van der Waals surface area contributed by atoms with Gasteiger partial charge in [0, 0.05) is 10.8 Å². The lowest BCUT2D eigenvalue weighted by Gasteiger charge is -2.18. The molecular weight excluding hydrogens is 544 g/mol. The van der Waals surface area contributed by atoms with Crippen molar-refractivity contribution in [2.45, 2.75) is 0 Å². The molecule has 1 heteroatoms. The highest BCUT2D eigenvalue weighted by atomic mass is 16.3. The van der Waals surface area contributed by atoms with E-state index in [1.165, 1.54) is 0 Å². The second kappa shape index (κ2) is 9.29. The summed E-state index contributed by atoms with van der Waals surface area (Å²) in [6.07, 6.45) is 0. The standard InChI is InChI=1S/C44H26O/c1-3-11-32-27(9-1)17-18-29-25-30(19-22-33(29)32)42-35-13-5-7-15-37(35)43(38-16-8-6-14-36(38)42)31-21-23-40-39(26-31)44-34-12-4-2-10-28(34)20-24-41(44)45-40/h1-26H/i5D,6D,7D,8D,13D,14D,15D,16D. The predicted octanol–water partition coefficient (Wildman–Crippen LogP) is 12.7. The van der Waals surface area contributed by atoms with Gasteiger partial charge in [-0.2, -0.15) is 0 Å². The van der Waals surface area contributed by atoms with Gasteiger partial charge in [-0.1, -0.05) is 133 Å². The Hall–Kier alpha value is -5.92. The summed E-state index contributed by atoms with van der Waals surface area (Å²) in [5, 5.41) is 8.43. The van der Waals surface area contributed by atoms with Crippen LogP contribution in [0.5, 0.6) is 0 Å². The minimum atomic E-state index is -0.430. The minimum absolute atomic E-state index is 0.180. The molecule has 9 aromatic carbocycles. The SMILES string of the molecule is [2H]c1c([2H])c([2H])c2c(-c3ccc4oc5ccc6ccccc6c5c4c3)c3c([2H])c([2H])c([2H])c([2H])c3c(-c3ccc4c(ccc5ccccc54)c3)c2c1[2H]. The van der Waals surface area contributed by atoms with Crippen LogP contribution in [0.3, 0.4) is 0 Å². The molecular formula is C44H26O. The van der Waals surface area contributed by atoms with E-state index in [1.54, 1.807) is 6.07 Å². The number of hydrogen-bond acceptors (Lipinski definition) is 1. The molecule has 0 aliphatic heterocycles. The Kier molecular flexibility index (Phi) is 3.72. The molecule has 0 saturated heterocycles. The lowest BCUT2D eigenvalue weighted by Crippen LogP contribution is -1.91. The lowest BCUT2D eigenvalue weighted by molar-refractivity contribution is 0.669. The van der Waals surface area contributed by atoms with Gasteiger partial charge in [-0.25, -0.2) is 0 Å². The molecule has 0 N–H and O–H groups in total. The van der Waals surface area contributed by atoms with E-state index in [2.05, 4.69) is 0 Å². The van der Waals surface area contributed by atoms with E-state index in [4.69, 9.17) is 9.90 Å². The Labute approximate surface area is 270 Å². The Balaban J connectivity index is 1.41. The number of hydrogen-bond donors (Lipinski definition) is 0. The van der Waals surface area contributed by atoms with Crippen LogP contribution in [-0.4, -0.2) is 0 Å². The van der Waals surface area contributed by atoms with E-state index >= 15 is 0 Å². The van der Waals surface area contributed by atoms with Crippen molar-refractivity contribution in [2.75, 3.05) is 0 Å². The molecule has 10 aromatic rings. The van der Waals surface area contributed by atoms with Crippen LogP contribution >= 0.6 is 0 Å². The fourth-order valence-electron chi connectivity index (χ4n) is 7.07. The van der Waals surface area contributed by atoms with Crippen molar-refractivity contribution in [1.82, 2.24) is 0 Å². The summed E-state index contributed by atoms with van der Waals surface area (Å²) in [5.74, 6) is 0. The molecule has 0 bridgehead atoms. The van der Waals surface area contributed by atoms with Gasteiger partial charge in [0.05, 0.1) is 11.0 Å². The zero-order valence-electron chi connectivity index (χ0n) is 31.8. The van der Waals surface area contributed by atoms with E-state index in [-0.39, 0.29) is 45.7 Å². The summed E-state index contributed by atoms with van der Waals surface area (Å²) >= 11 is 0. The molecule has 0 unspecified atom stereocenters. The first-order valence-corrected chi connectivity index (χ1v) is 14.9. The van der Waals surface area contributed by atoms with Crippen molar-refractivity contribution in [3.05, 3.63) is 158 Å². The van der Waals surface area contributed by atoms with Crippen molar-refractivity contribution >= 4 is 75.8 Å². The monoisotopic (exact) mass is 578 g/mol. The van der Waals surface area contributed by atoms with E-state index in [0.717, 1.165) is 43.1 Å². The average Bonchev–Trinajstić information content (AvgIpc) is 3.57. The maximum atomic E-state index is 9.36. The van der Waals surface area contributed by atoms with Crippen molar-refractivity contribution in [1.29, 1.82) is 0 Å². The largest absolute Gasteiger partial charge is 0.456 e. The van der Waals surface area contributed by atoms with Crippen LogP contribution in [0, 0.1) is 0 Å². The van der Waals surface area contributed by atoms with Crippen LogP contribution in [-0.2, 0) is 0 Å². The lowest BCUT2D eigenvalue weighted by atomic mass is 9.85. The van der Waals surface area contributed by atoms with Crippen molar-refractivity contribution in [2.24, 2.45) is 0 Å². The first-order chi connectivity index (χ1) is 25.6. The van der Waals surface area contributed by atoms with E-state index in [1.807, 2.05) is 103 Å². The smallest absolute Gasteiger partial charge is 0.136 e. The Morgan fingerprint density at radius 1 is 0.378 bits per heavy atom. The number of furan rings is 1. The van der Waals surface area contributed by atoms with E-state index < -0.39 is 24.2 Å². The van der Waals surface area contributed by atoms with Crippen LogP contribution in [0.25, 0.3) is 98.1 Å². The van der Waals surface area contributed by atoms with Crippen LogP contribution in [0.2, 0.25) is 0 Å². The maximum Gasteiger partial charge on any atom is 0.136 e. The topological polar surface area (TPSA) is 13.1 Å². The van der Waals surface area contributed by atoms with Crippen LogP contribution in [0.4, 0.5) is 0 Å². The molecule has 0 fully saturated rings. The van der Waals surface area contributed by atoms with Crippen molar-refractivity contribution < 1.29 is 15.4 Å². The molecule has 10 rings (SSSR count). The predicted molar refractivity (Wildman–Crippen MR) is 192 cm³/mol. The molecule has 1 nitrogen and oxygen atoms in total. The van der Waals surface area contributed by atoms with Gasteiger partial charge in [0.1, 0.15) is 11.2 Å². The molecule has 0 aliphatic rings. The summed E-state index contributed by atoms with van der Waals surface area (Å²) in [6, 6.07) is 32.4. The van der Waals surface area contributed by atoms with Crippen LogP contribution in [0.15, 0.2) is 162 Å². The third kappa shape index (κ3) is 3.56. The quantitative estimate of drug-likeness (QED) is 0.147. The van der Waals surface area contributed by atoms with Gasteiger partial charge in [0.2, 0.25) is 0 Å². The molecule has 0 atom stereocenters. The van der Waals surface area contributed by atoms with Crippen LogP contribution in [0.1, 0.15) is 11.0 Å². The Morgan fingerprint density at radius 2 is 0.889 bits per heavy atom. The van der Waals surface area contributed by atoms with Gasteiger partial charge < -0.3 is 4.42 Å². The number of rotatable bonds is 2. The zero-order chi connectivity index (χ0) is 36.4. The highest BCUT2D eigenvalue weighted by Crippen LogP contribution is 2.46. The van der Waals surface area contributed by atoms with Gasteiger partial charge in [-0.3, -0.25) is 0 Å². The van der Waals surface area contributed by atoms with Crippen LogP contribution < -0.4 is 0 Å². The van der Waals surface area contributed by atoms with E-state index in [9.17, 15) is 5.48 Å². The summed E-state index contributed by atoms with van der Waals surface area (Å²) in [6.45, 7) is 0. The fourth-order valence-corrected chi connectivity index (χ4v) is 7.07. The molecule has 208 valence electrons. The molecule has 1 aromatic heterocycles. The Morgan fingerprint density at radius 3 is 1.60 bits per heavy atom. The minimum Gasteiger partial charge on any atom is -0.456 e. The summed E-state index contributed by atoms with van der Waals surface area (Å²) < 4.78 is 78.9. The molecule has 0 radical (unpaired) electrons. The van der Waals surface area contributed by atoms with Crippen molar-refractivity contribution in [3.63, 3.8) is 0 Å². The summed E-state index contributed by atoms with van der Waals surface area (Å²) in [7, 11) is 0. The third-order valence-corrected chi connectivity index (χ3v) is 9.06. The molecule has 0 saturated carbocycles. The van der Waals surface area contributed by atoms with Gasteiger partial charge >= 0.3 is 0 Å². The molecule has 0 aliphatic carbocycles. The first kappa shape index (κ1) is 18.0. The molecule has 0 spiro atoms. The zero-order valence-corrected chi connectivity index (χ0v) is 23.8. The second-order valence-electron chi connectivity index (χ2n) is 11.4. The molecule has 45 heavy (non-hydrogen) atoms. The number of benzene rings is 9. The van der Waals surface area contributed by atoms with E-state index in [0.29, 0.717) is 33.4 Å². The third-order valence-electron chi connectivity index (χ3n) is 9.06. The Bertz CT molecular complexity index is 3190. The number of fused-ring (bicyclic) bond motifs is 10. The maximum absolute atomic E-state index is 9.36. The average molecular weight is 579 g/mol. The first-order valence-electron chi connectivity index (χ1n) is 18.9. The fraction of sp³-hybridized carbons (Fsp3) is 0. The molecule has 1 heterocycles. The normalized spacial score (nSPS) is 14.5. The second-order valence-corrected chi connectivity index (χ2v) is 11.4. The van der Waals surface area contributed by atoms with Crippen molar-refractivity contribution in [3.8, 4) is 22.3 Å². The highest BCUT2D eigenvalue weighted by Gasteiger charge is 2.18. The summed E-state index contributed by atoms with van der Waals surface area (Å²) in [5.41, 5.74) is 3.06. The highest BCUT2D eigenvalue weighted by molar-refractivity contribution is 6.24. The van der Waals surface area contributed by atoms with Gasteiger partial charge in [-0.15, -0.1) is 0 Å². The molecule has 0 amide bonds. The van der Waals surface area contributed by atoms with Gasteiger partial charge in [-0.05, 0) is 100 Å².